The molecule has 1 fully saturated rings. The Morgan fingerprint density at radius 3 is 2.95 bits per heavy atom. The molecule has 1 aromatic heterocycles. The Labute approximate surface area is 133 Å². The zero-order chi connectivity index (χ0) is 16.2. The van der Waals surface area contributed by atoms with Crippen molar-refractivity contribution in [3.8, 4) is 0 Å². The van der Waals surface area contributed by atoms with E-state index in [9.17, 15) is 4.79 Å². The van der Waals surface area contributed by atoms with Gasteiger partial charge in [-0.15, -0.1) is 0 Å². The highest BCUT2D eigenvalue weighted by atomic mass is 16.6. The molecule has 0 spiro atoms. The van der Waals surface area contributed by atoms with Crippen molar-refractivity contribution in [3.05, 3.63) is 24.2 Å². The van der Waals surface area contributed by atoms with Crippen molar-refractivity contribution in [1.29, 1.82) is 0 Å². The van der Waals surface area contributed by atoms with Gasteiger partial charge in [-0.05, 0) is 58.6 Å². The van der Waals surface area contributed by atoms with Crippen LogP contribution in [-0.2, 0) is 4.74 Å². The van der Waals surface area contributed by atoms with Gasteiger partial charge in [0, 0.05) is 19.6 Å². The second kappa shape index (κ2) is 7.18. The molecule has 0 unspecified atom stereocenters. The van der Waals surface area contributed by atoms with Crippen LogP contribution in [0.3, 0.4) is 0 Å². The maximum absolute atomic E-state index is 12.2. The first-order chi connectivity index (χ1) is 10.3. The molecule has 1 saturated heterocycles. The summed E-state index contributed by atoms with van der Waals surface area (Å²) in [7, 11) is 0. The van der Waals surface area contributed by atoms with Crippen molar-refractivity contribution in [2.24, 2.45) is 5.92 Å². The number of amides is 1. The minimum Gasteiger partial charge on any atom is -0.468 e. The molecule has 1 N–H and O–H groups in total. The van der Waals surface area contributed by atoms with Crippen LogP contribution in [0.4, 0.5) is 4.79 Å². The number of nitrogens with one attached hydrogen (secondary N) is 1. The zero-order valence-electron chi connectivity index (χ0n) is 14.1. The highest BCUT2D eigenvalue weighted by Crippen LogP contribution is 2.20. The summed E-state index contributed by atoms with van der Waals surface area (Å²) in [6.45, 7) is 10.2. The molecule has 1 aliphatic rings. The van der Waals surface area contributed by atoms with Crippen LogP contribution in [0.25, 0.3) is 0 Å². The zero-order valence-corrected chi connectivity index (χ0v) is 14.1. The lowest BCUT2D eigenvalue weighted by Gasteiger charge is -2.34. The molecule has 5 heteroatoms. The third kappa shape index (κ3) is 5.05. The van der Waals surface area contributed by atoms with Gasteiger partial charge in [0.25, 0.3) is 0 Å². The summed E-state index contributed by atoms with van der Waals surface area (Å²) in [6, 6.07) is 4.07. The summed E-state index contributed by atoms with van der Waals surface area (Å²) >= 11 is 0. The predicted molar refractivity (Wildman–Crippen MR) is 85.7 cm³/mol. The number of furan rings is 1. The van der Waals surface area contributed by atoms with E-state index >= 15 is 0 Å². The lowest BCUT2D eigenvalue weighted by molar-refractivity contribution is 0.0165. The number of hydrogen-bond donors (Lipinski definition) is 1. The van der Waals surface area contributed by atoms with Crippen LogP contribution >= 0.6 is 0 Å². The highest BCUT2D eigenvalue weighted by Gasteiger charge is 2.27. The molecule has 0 aromatic carbocycles. The molecule has 1 amide bonds. The number of ether oxygens (including phenoxy) is 1. The number of nitrogens with zero attached hydrogens (tertiary/aromatic N) is 1. The van der Waals surface area contributed by atoms with Gasteiger partial charge in [0.2, 0.25) is 0 Å². The van der Waals surface area contributed by atoms with Crippen LogP contribution in [0.5, 0.6) is 0 Å². The van der Waals surface area contributed by atoms with Gasteiger partial charge >= 0.3 is 6.09 Å². The molecular formula is C17H28N2O3. The van der Waals surface area contributed by atoms with E-state index in [-0.39, 0.29) is 12.1 Å². The SMILES string of the molecule is C[C@@H](NC[C@@H]1CCCN(C(=O)OC(C)(C)C)C1)c1ccco1. The van der Waals surface area contributed by atoms with Crippen molar-refractivity contribution in [2.75, 3.05) is 19.6 Å². The van der Waals surface area contributed by atoms with Gasteiger partial charge in [0.05, 0.1) is 12.3 Å². The van der Waals surface area contributed by atoms with E-state index in [0.29, 0.717) is 5.92 Å². The summed E-state index contributed by atoms with van der Waals surface area (Å²) < 4.78 is 10.9. The van der Waals surface area contributed by atoms with Crippen LogP contribution in [-0.4, -0.2) is 36.2 Å². The van der Waals surface area contributed by atoms with E-state index in [1.807, 2.05) is 37.8 Å². The second-order valence-electron chi connectivity index (χ2n) is 7.08. The second-order valence-corrected chi connectivity index (χ2v) is 7.08. The Bertz CT molecular complexity index is 465. The lowest BCUT2D eigenvalue weighted by atomic mass is 9.98. The average Bonchev–Trinajstić information content (AvgIpc) is 2.97. The minimum atomic E-state index is -0.434. The molecule has 5 nitrogen and oxygen atoms in total. The Morgan fingerprint density at radius 1 is 1.55 bits per heavy atom. The molecule has 124 valence electrons. The molecular weight excluding hydrogens is 280 g/mol. The molecule has 0 aliphatic carbocycles. The summed E-state index contributed by atoms with van der Waals surface area (Å²) in [5, 5.41) is 3.49. The van der Waals surface area contributed by atoms with Crippen molar-refractivity contribution < 1.29 is 13.9 Å². The summed E-state index contributed by atoms with van der Waals surface area (Å²) in [4.78, 5) is 14.0. The van der Waals surface area contributed by atoms with E-state index in [1.165, 1.54) is 0 Å². The lowest BCUT2D eigenvalue weighted by Crippen LogP contribution is -2.45. The normalized spacial score (nSPS) is 20.7. The highest BCUT2D eigenvalue weighted by molar-refractivity contribution is 5.68. The average molecular weight is 308 g/mol. The fraction of sp³-hybridized carbons (Fsp3) is 0.706. The van der Waals surface area contributed by atoms with Gasteiger partial charge in [-0.25, -0.2) is 4.79 Å². The molecule has 2 heterocycles. The monoisotopic (exact) mass is 308 g/mol. The smallest absolute Gasteiger partial charge is 0.410 e. The number of carbonyl (C=O) groups excluding carboxylic acids is 1. The standard InChI is InChI=1S/C17H28N2O3/c1-13(15-8-6-10-21-15)18-11-14-7-5-9-19(12-14)16(20)22-17(2,3)4/h6,8,10,13-14,18H,5,7,9,11-12H2,1-4H3/t13-,14+/m1/s1. The molecule has 0 radical (unpaired) electrons. The van der Waals surface area contributed by atoms with Gasteiger partial charge in [0.1, 0.15) is 11.4 Å². The Kier molecular flexibility index (Phi) is 5.51. The largest absolute Gasteiger partial charge is 0.468 e. The quantitative estimate of drug-likeness (QED) is 0.923. The van der Waals surface area contributed by atoms with Crippen LogP contribution < -0.4 is 5.32 Å². The number of likely N-dealkylation sites (tertiary alicyclic amines) is 1. The van der Waals surface area contributed by atoms with E-state index in [4.69, 9.17) is 9.15 Å². The third-order valence-electron chi connectivity index (χ3n) is 3.85. The topological polar surface area (TPSA) is 54.7 Å². The van der Waals surface area contributed by atoms with Crippen molar-refractivity contribution in [2.45, 2.75) is 52.2 Å². The van der Waals surface area contributed by atoms with Crippen LogP contribution in [0, 0.1) is 5.92 Å². The van der Waals surface area contributed by atoms with E-state index in [2.05, 4.69) is 12.2 Å². The number of rotatable bonds is 4. The van der Waals surface area contributed by atoms with Crippen molar-refractivity contribution in [3.63, 3.8) is 0 Å². The van der Waals surface area contributed by atoms with Crippen LogP contribution in [0.2, 0.25) is 0 Å². The van der Waals surface area contributed by atoms with Crippen molar-refractivity contribution >= 4 is 6.09 Å². The Balaban J connectivity index is 1.79. The Hall–Kier alpha value is -1.49. The molecule has 1 aromatic rings. The Morgan fingerprint density at radius 2 is 2.32 bits per heavy atom. The molecule has 22 heavy (non-hydrogen) atoms. The fourth-order valence-electron chi connectivity index (χ4n) is 2.71. The predicted octanol–water partition coefficient (Wildman–Crippen LogP) is 3.58. The maximum atomic E-state index is 12.2. The minimum absolute atomic E-state index is 0.187. The summed E-state index contributed by atoms with van der Waals surface area (Å²) in [5.74, 6) is 1.40. The van der Waals surface area contributed by atoms with Gasteiger partial charge in [-0.3, -0.25) is 0 Å². The van der Waals surface area contributed by atoms with Crippen LogP contribution in [0.15, 0.2) is 22.8 Å². The first kappa shape index (κ1) is 16.9. The van der Waals surface area contributed by atoms with Crippen molar-refractivity contribution in [1.82, 2.24) is 10.2 Å². The van der Waals surface area contributed by atoms with Gasteiger partial charge in [-0.1, -0.05) is 0 Å². The van der Waals surface area contributed by atoms with E-state index < -0.39 is 5.60 Å². The number of hydrogen-bond acceptors (Lipinski definition) is 4. The molecule has 1 aliphatic heterocycles. The third-order valence-corrected chi connectivity index (χ3v) is 3.85. The molecule has 2 atom stereocenters. The first-order valence-electron chi connectivity index (χ1n) is 8.10. The molecule has 0 bridgehead atoms. The van der Waals surface area contributed by atoms with Crippen LogP contribution in [0.1, 0.15) is 52.3 Å². The molecule has 0 saturated carbocycles. The maximum Gasteiger partial charge on any atom is 0.410 e. The van der Waals surface area contributed by atoms with Gasteiger partial charge in [0.15, 0.2) is 0 Å². The summed E-state index contributed by atoms with van der Waals surface area (Å²) in [5.41, 5.74) is -0.434. The van der Waals surface area contributed by atoms with E-state index in [0.717, 1.165) is 38.2 Å². The fourth-order valence-corrected chi connectivity index (χ4v) is 2.71. The van der Waals surface area contributed by atoms with Gasteiger partial charge in [-0.2, -0.15) is 0 Å². The van der Waals surface area contributed by atoms with Gasteiger partial charge < -0.3 is 19.4 Å². The molecule has 2 rings (SSSR count). The number of carbonyl (C=O) groups is 1. The first-order valence-corrected chi connectivity index (χ1v) is 8.10. The summed E-state index contributed by atoms with van der Waals surface area (Å²) in [6.07, 6.45) is 3.66. The van der Waals surface area contributed by atoms with E-state index in [1.54, 1.807) is 6.26 Å². The number of piperidine rings is 1.